The van der Waals surface area contributed by atoms with Gasteiger partial charge in [0.2, 0.25) is 0 Å². The summed E-state index contributed by atoms with van der Waals surface area (Å²) in [6.07, 6.45) is 6.97. The Hall–Kier alpha value is -2.63. The van der Waals surface area contributed by atoms with E-state index < -0.39 is 0 Å². The third kappa shape index (κ3) is 4.04. The molecule has 1 fully saturated rings. The highest BCUT2D eigenvalue weighted by atomic mass is 16.2. The van der Waals surface area contributed by atoms with Gasteiger partial charge in [0.25, 0.3) is 5.91 Å². The summed E-state index contributed by atoms with van der Waals surface area (Å²) in [5, 5.41) is 9.68. The second-order valence-electron chi connectivity index (χ2n) is 8.05. The van der Waals surface area contributed by atoms with Gasteiger partial charge >= 0.3 is 0 Å². The monoisotopic (exact) mass is 365 g/mol. The number of carbonyl (C=O) groups excluding carboxylic acids is 1. The van der Waals surface area contributed by atoms with Crippen LogP contribution in [0.3, 0.4) is 0 Å². The van der Waals surface area contributed by atoms with Crippen LogP contribution in [0.2, 0.25) is 0 Å². The number of likely N-dealkylation sites (tertiary alicyclic amines) is 1. The van der Waals surface area contributed by atoms with E-state index in [2.05, 4.69) is 35.3 Å². The molecule has 0 bridgehead atoms. The van der Waals surface area contributed by atoms with Crippen molar-refractivity contribution in [1.82, 2.24) is 24.9 Å². The molecule has 1 aliphatic rings. The number of aromatic amines is 1. The van der Waals surface area contributed by atoms with Crippen molar-refractivity contribution in [2.45, 2.75) is 39.7 Å². The summed E-state index contributed by atoms with van der Waals surface area (Å²) in [6, 6.07) is 7.91. The third-order valence-electron chi connectivity index (χ3n) is 5.35. The van der Waals surface area contributed by atoms with Gasteiger partial charge in [0, 0.05) is 43.1 Å². The maximum Gasteiger partial charge on any atom is 0.253 e. The average molecular weight is 365 g/mol. The molecule has 0 atom stereocenters. The summed E-state index contributed by atoms with van der Waals surface area (Å²) >= 11 is 0. The Morgan fingerprint density at radius 2 is 2.07 bits per heavy atom. The predicted molar refractivity (Wildman–Crippen MR) is 105 cm³/mol. The van der Waals surface area contributed by atoms with E-state index >= 15 is 0 Å². The molecule has 1 amide bonds. The molecule has 0 spiro atoms. The first-order chi connectivity index (χ1) is 13.1. The van der Waals surface area contributed by atoms with E-state index in [-0.39, 0.29) is 5.91 Å². The lowest BCUT2D eigenvalue weighted by Gasteiger charge is -2.32. The van der Waals surface area contributed by atoms with Gasteiger partial charge in [0.05, 0.1) is 5.69 Å². The molecular weight excluding hydrogens is 338 g/mol. The van der Waals surface area contributed by atoms with E-state index in [4.69, 9.17) is 0 Å². The fraction of sp³-hybridized carbons (Fsp3) is 0.476. The molecule has 3 heterocycles. The van der Waals surface area contributed by atoms with Crippen molar-refractivity contribution >= 4 is 16.8 Å². The minimum absolute atomic E-state index is 0.130. The fourth-order valence-corrected chi connectivity index (χ4v) is 3.89. The molecule has 0 radical (unpaired) electrons. The van der Waals surface area contributed by atoms with Crippen molar-refractivity contribution in [2.24, 2.45) is 11.8 Å². The molecule has 1 aliphatic heterocycles. The minimum Gasteiger partial charge on any atom is -0.361 e. The number of amides is 1. The smallest absolute Gasteiger partial charge is 0.253 e. The van der Waals surface area contributed by atoms with Crippen LogP contribution in [0.1, 0.15) is 42.7 Å². The zero-order valence-corrected chi connectivity index (χ0v) is 16.1. The fourth-order valence-electron chi connectivity index (χ4n) is 3.89. The lowest BCUT2D eigenvalue weighted by molar-refractivity contribution is 0.0681. The molecule has 3 aromatic rings. The Labute approximate surface area is 159 Å². The number of aromatic nitrogens is 4. The number of H-pyrrole nitrogens is 1. The number of nitrogens with zero attached hydrogens (tertiary/aromatic N) is 4. The Bertz CT molecular complexity index is 917. The molecule has 142 valence electrons. The van der Waals surface area contributed by atoms with Crippen molar-refractivity contribution in [3.63, 3.8) is 0 Å². The summed E-state index contributed by atoms with van der Waals surface area (Å²) in [5.41, 5.74) is 2.84. The van der Waals surface area contributed by atoms with Crippen LogP contribution in [-0.4, -0.2) is 43.9 Å². The van der Waals surface area contributed by atoms with Crippen molar-refractivity contribution in [1.29, 1.82) is 0 Å². The molecule has 4 rings (SSSR count). The van der Waals surface area contributed by atoms with E-state index in [9.17, 15) is 4.79 Å². The van der Waals surface area contributed by atoms with Crippen LogP contribution in [0.15, 0.2) is 36.7 Å². The Morgan fingerprint density at radius 3 is 2.85 bits per heavy atom. The largest absolute Gasteiger partial charge is 0.361 e. The van der Waals surface area contributed by atoms with Gasteiger partial charge in [0.1, 0.15) is 0 Å². The second-order valence-corrected chi connectivity index (χ2v) is 8.05. The van der Waals surface area contributed by atoms with E-state index in [1.165, 1.54) is 0 Å². The molecule has 1 aromatic carbocycles. The highest BCUT2D eigenvalue weighted by Crippen LogP contribution is 2.22. The minimum atomic E-state index is 0.130. The van der Waals surface area contributed by atoms with Gasteiger partial charge < -0.3 is 9.88 Å². The lowest BCUT2D eigenvalue weighted by atomic mass is 9.96. The quantitative estimate of drug-likeness (QED) is 0.752. The van der Waals surface area contributed by atoms with Crippen LogP contribution >= 0.6 is 0 Å². The molecule has 2 aromatic heterocycles. The van der Waals surface area contributed by atoms with E-state index in [1.807, 2.05) is 40.0 Å². The highest BCUT2D eigenvalue weighted by molar-refractivity contribution is 5.97. The summed E-state index contributed by atoms with van der Waals surface area (Å²) in [7, 11) is 0. The number of hydrogen-bond donors (Lipinski definition) is 1. The van der Waals surface area contributed by atoms with Crippen molar-refractivity contribution < 1.29 is 4.79 Å². The molecule has 27 heavy (non-hydrogen) atoms. The Morgan fingerprint density at radius 1 is 1.26 bits per heavy atom. The zero-order chi connectivity index (χ0) is 18.8. The summed E-state index contributed by atoms with van der Waals surface area (Å²) in [6.45, 7) is 6.89. The summed E-state index contributed by atoms with van der Waals surface area (Å²) in [4.78, 5) is 18.0. The standard InChI is InChI=1S/C21H27N5O/c1-15(2)11-19-14-26(24-23-19)13-16-6-9-25(10-7-16)21(27)18-4-3-17-5-8-22-20(17)12-18/h3-5,8,12,14-16,22H,6-7,9-11,13H2,1-2H3. The number of fused-ring (bicyclic) bond motifs is 1. The summed E-state index contributed by atoms with van der Waals surface area (Å²) in [5.74, 6) is 1.27. The maximum atomic E-state index is 12.8. The van der Waals surface area contributed by atoms with E-state index in [1.54, 1.807) is 0 Å². The second kappa shape index (κ2) is 7.55. The molecule has 6 nitrogen and oxygen atoms in total. The van der Waals surface area contributed by atoms with Gasteiger partial charge in [-0.05, 0) is 54.7 Å². The molecular formula is C21H27N5O. The topological polar surface area (TPSA) is 66.8 Å². The van der Waals surface area contributed by atoms with Crippen LogP contribution in [0.25, 0.3) is 10.9 Å². The van der Waals surface area contributed by atoms with Gasteiger partial charge in [-0.2, -0.15) is 0 Å². The Kier molecular flexibility index (Phi) is 4.97. The first-order valence-corrected chi connectivity index (χ1v) is 9.84. The van der Waals surface area contributed by atoms with Crippen LogP contribution in [0.5, 0.6) is 0 Å². The highest BCUT2D eigenvalue weighted by Gasteiger charge is 2.24. The summed E-state index contributed by atoms with van der Waals surface area (Å²) < 4.78 is 1.97. The number of benzene rings is 1. The SMILES string of the molecule is CC(C)Cc1cn(CC2CCN(C(=O)c3ccc4cc[nH]c4c3)CC2)nn1. The Balaban J connectivity index is 1.33. The van der Waals surface area contributed by atoms with Gasteiger partial charge in [0.15, 0.2) is 0 Å². The van der Waals surface area contributed by atoms with Gasteiger partial charge in [-0.3, -0.25) is 9.48 Å². The normalized spacial score (nSPS) is 15.7. The molecule has 1 N–H and O–H groups in total. The van der Waals surface area contributed by atoms with Crippen molar-refractivity contribution in [2.75, 3.05) is 13.1 Å². The van der Waals surface area contributed by atoms with Crippen LogP contribution in [-0.2, 0) is 13.0 Å². The lowest BCUT2D eigenvalue weighted by Crippen LogP contribution is -2.39. The predicted octanol–water partition coefficient (Wildman–Crippen LogP) is 3.51. The maximum absolute atomic E-state index is 12.8. The zero-order valence-electron chi connectivity index (χ0n) is 16.1. The van der Waals surface area contributed by atoms with Crippen molar-refractivity contribution in [3.05, 3.63) is 47.9 Å². The number of hydrogen-bond acceptors (Lipinski definition) is 3. The van der Waals surface area contributed by atoms with Crippen LogP contribution < -0.4 is 0 Å². The number of carbonyl (C=O) groups is 1. The molecule has 0 aliphatic carbocycles. The van der Waals surface area contributed by atoms with Crippen molar-refractivity contribution in [3.8, 4) is 0 Å². The third-order valence-corrected chi connectivity index (χ3v) is 5.35. The number of piperidine rings is 1. The van der Waals surface area contributed by atoms with Crippen LogP contribution in [0.4, 0.5) is 0 Å². The molecule has 0 saturated carbocycles. The first-order valence-electron chi connectivity index (χ1n) is 9.84. The van der Waals surface area contributed by atoms with E-state index in [0.717, 1.165) is 61.1 Å². The molecule has 1 saturated heterocycles. The first kappa shape index (κ1) is 17.8. The van der Waals surface area contributed by atoms with Gasteiger partial charge in [-0.25, -0.2) is 0 Å². The number of nitrogens with one attached hydrogen (secondary N) is 1. The molecule has 0 unspecified atom stereocenters. The number of rotatable bonds is 5. The van der Waals surface area contributed by atoms with Gasteiger partial charge in [-0.1, -0.05) is 25.1 Å². The molecule has 6 heteroatoms. The van der Waals surface area contributed by atoms with Crippen LogP contribution in [0, 0.1) is 11.8 Å². The average Bonchev–Trinajstić information content (AvgIpc) is 3.30. The van der Waals surface area contributed by atoms with E-state index in [0.29, 0.717) is 11.8 Å². The van der Waals surface area contributed by atoms with Gasteiger partial charge in [-0.15, -0.1) is 5.10 Å².